The van der Waals surface area contributed by atoms with Crippen LogP contribution in [-0.2, 0) is 40.0 Å². The van der Waals surface area contributed by atoms with Crippen molar-refractivity contribution in [3.05, 3.63) is 28.3 Å². The molecule has 4 heteroatoms. The summed E-state index contributed by atoms with van der Waals surface area (Å²) in [5, 5.41) is 0. The van der Waals surface area contributed by atoms with Crippen molar-refractivity contribution in [3.63, 3.8) is 0 Å². The number of unbranched alkanes of at least 4 members (excludes halogenated alkanes) is 7. The van der Waals surface area contributed by atoms with Gasteiger partial charge >= 0.3 is 0 Å². The quantitative estimate of drug-likeness (QED) is 0.152. The molecular weight excluding hydrogens is 416 g/mol. The van der Waals surface area contributed by atoms with E-state index in [0.29, 0.717) is 4.90 Å². The highest BCUT2D eigenvalue weighted by Crippen LogP contribution is 2.33. The second-order valence-electron chi connectivity index (χ2n) is 9.22. The molecular formula is C28H50O3S. The molecule has 0 amide bonds. The molecule has 0 aliphatic carbocycles. The Balaban J connectivity index is 3.61. The zero-order valence-corrected chi connectivity index (χ0v) is 22.5. The van der Waals surface area contributed by atoms with Crippen LogP contribution >= 0.6 is 0 Å². The summed E-state index contributed by atoms with van der Waals surface area (Å²) in [6, 6.07) is 2.01. The van der Waals surface area contributed by atoms with Gasteiger partial charge in [0.05, 0.1) is 11.5 Å². The molecule has 0 heterocycles. The molecule has 0 aliphatic heterocycles. The van der Waals surface area contributed by atoms with E-state index in [9.17, 15) is 8.42 Å². The molecule has 0 bridgehead atoms. The summed E-state index contributed by atoms with van der Waals surface area (Å²) in [4.78, 5) is 0.475. The van der Waals surface area contributed by atoms with Crippen molar-refractivity contribution in [2.45, 2.75) is 142 Å². The van der Waals surface area contributed by atoms with Gasteiger partial charge in [0.2, 0.25) is 0 Å². The average molecular weight is 467 g/mol. The van der Waals surface area contributed by atoms with Crippen molar-refractivity contribution < 1.29 is 12.6 Å². The van der Waals surface area contributed by atoms with Crippen LogP contribution in [0.4, 0.5) is 0 Å². The lowest BCUT2D eigenvalue weighted by Crippen LogP contribution is -2.16. The molecule has 0 radical (unpaired) electrons. The molecule has 32 heavy (non-hydrogen) atoms. The lowest BCUT2D eigenvalue weighted by atomic mass is 9.86. The van der Waals surface area contributed by atoms with Crippen LogP contribution < -0.4 is 0 Å². The Morgan fingerprint density at radius 1 is 0.594 bits per heavy atom. The summed E-state index contributed by atoms with van der Waals surface area (Å²) < 4.78 is 32.3. The zero-order chi connectivity index (χ0) is 23.8. The highest BCUT2D eigenvalue weighted by Gasteiger charge is 2.25. The summed E-state index contributed by atoms with van der Waals surface area (Å²) in [5.41, 5.74) is 5.11. The van der Waals surface area contributed by atoms with Gasteiger partial charge in [0, 0.05) is 0 Å². The molecule has 0 atom stereocenters. The van der Waals surface area contributed by atoms with E-state index in [0.717, 1.165) is 95.5 Å². The van der Waals surface area contributed by atoms with Crippen LogP contribution in [0.15, 0.2) is 11.0 Å². The topological polar surface area (TPSA) is 43.4 Å². The molecule has 0 spiro atoms. The van der Waals surface area contributed by atoms with Crippen LogP contribution in [0, 0.1) is 0 Å². The Morgan fingerprint density at radius 2 is 1.12 bits per heavy atom. The standard InChI is InChI=1S/C28H50O3S/c1-6-11-16-17-21-27-26(20-14-9-4)25(19-13-8-3)24(18-12-7-2)23-28(27)32(29,30)31-22-15-10-5/h23H,6-22H2,1-5H3. The summed E-state index contributed by atoms with van der Waals surface area (Å²) >= 11 is 0. The van der Waals surface area contributed by atoms with Crippen LogP contribution in [0.5, 0.6) is 0 Å². The lowest BCUT2D eigenvalue weighted by molar-refractivity contribution is 0.310. The van der Waals surface area contributed by atoms with Gasteiger partial charge in [0.25, 0.3) is 10.1 Å². The first kappa shape index (κ1) is 29.2. The van der Waals surface area contributed by atoms with E-state index in [1.807, 2.05) is 6.07 Å². The van der Waals surface area contributed by atoms with E-state index in [1.165, 1.54) is 29.5 Å². The average Bonchev–Trinajstić information content (AvgIpc) is 2.78. The fourth-order valence-electron chi connectivity index (χ4n) is 4.37. The number of rotatable bonds is 19. The van der Waals surface area contributed by atoms with Crippen molar-refractivity contribution in [1.82, 2.24) is 0 Å². The van der Waals surface area contributed by atoms with Gasteiger partial charge in [-0.25, -0.2) is 0 Å². The molecule has 186 valence electrons. The first-order valence-electron chi connectivity index (χ1n) is 13.5. The van der Waals surface area contributed by atoms with Crippen molar-refractivity contribution >= 4 is 10.1 Å². The minimum Gasteiger partial charge on any atom is -0.266 e. The second kappa shape index (κ2) is 16.7. The maximum absolute atomic E-state index is 13.4. The SMILES string of the molecule is CCCCCCc1c(S(=O)(=O)OCCCC)cc(CCCC)c(CCCC)c1CCCC. The van der Waals surface area contributed by atoms with Gasteiger partial charge in [-0.3, -0.25) is 4.18 Å². The predicted octanol–water partition coefficient (Wildman–Crippen LogP) is 8.34. The van der Waals surface area contributed by atoms with Gasteiger partial charge in [-0.2, -0.15) is 8.42 Å². The maximum Gasteiger partial charge on any atom is 0.297 e. The van der Waals surface area contributed by atoms with E-state index in [4.69, 9.17) is 4.18 Å². The first-order chi connectivity index (χ1) is 15.5. The van der Waals surface area contributed by atoms with Gasteiger partial charge < -0.3 is 0 Å². The minimum atomic E-state index is -3.74. The molecule has 1 aromatic carbocycles. The molecule has 0 saturated heterocycles. The van der Waals surface area contributed by atoms with Crippen molar-refractivity contribution in [3.8, 4) is 0 Å². The summed E-state index contributed by atoms with van der Waals surface area (Å²) in [6.45, 7) is 11.2. The van der Waals surface area contributed by atoms with E-state index in [2.05, 4.69) is 34.6 Å². The molecule has 0 N–H and O–H groups in total. The van der Waals surface area contributed by atoms with Gasteiger partial charge in [0.15, 0.2) is 0 Å². The smallest absolute Gasteiger partial charge is 0.266 e. The fraction of sp³-hybridized carbons (Fsp3) is 0.786. The van der Waals surface area contributed by atoms with Gasteiger partial charge in [-0.15, -0.1) is 0 Å². The number of hydrogen-bond acceptors (Lipinski definition) is 3. The molecule has 1 rings (SSSR count). The van der Waals surface area contributed by atoms with Crippen LogP contribution in [0.1, 0.15) is 134 Å². The third-order valence-corrected chi connectivity index (χ3v) is 7.75. The molecule has 0 aliphatic rings. The monoisotopic (exact) mass is 466 g/mol. The largest absolute Gasteiger partial charge is 0.297 e. The minimum absolute atomic E-state index is 0.278. The van der Waals surface area contributed by atoms with Crippen molar-refractivity contribution in [2.24, 2.45) is 0 Å². The second-order valence-corrected chi connectivity index (χ2v) is 10.8. The van der Waals surface area contributed by atoms with Crippen LogP contribution in [0.25, 0.3) is 0 Å². The normalized spacial score (nSPS) is 11.9. The van der Waals surface area contributed by atoms with Crippen molar-refractivity contribution in [1.29, 1.82) is 0 Å². The predicted molar refractivity (Wildman–Crippen MR) is 138 cm³/mol. The van der Waals surface area contributed by atoms with E-state index in [-0.39, 0.29) is 6.61 Å². The zero-order valence-electron chi connectivity index (χ0n) is 21.7. The van der Waals surface area contributed by atoms with E-state index in [1.54, 1.807) is 0 Å². The maximum atomic E-state index is 13.4. The molecule has 1 aromatic rings. The Morgan fingerprint density at radius 3 is 1.72 bits per heavy atom. The van der Waals surface area contributed by atoms with Crippen molar-refractivity contribution in [2.75, 3.05) is 6.61 Å². The fourth-order valence-corrected chi connectivity index (χ4v) is 5.65. The summed E-state index contributed by atoms with van der Waals surface area (Å²) in [6.07, 6.45) is 16.9. The molecule has 0 fully saturated rings. The highest BCUT2D eigenvalue weighted by molar-refractivity contribution is 7.86. The molecule has 0 saturated carbocycles. The van der Waals surface area contributed by atoms with Gasteiger partial charge in [-0.1, -0.05) is 79.6 Å². The van der Waals surface area contributed by atoms with E-state index < -0.39 is 10.1 Å². The lowest BCUT2D eigenvalue weighted by Gasteiger charge is -2.23. The highest BCUT2D eigenvalue weighted by atomic mass is 32.2. The third kappa shape index (κ3) is 9.55. The summed E-state index contributed by atoms with van der Waals surface area (Å²) in [7, 11) is -3.74. The Bertz CT molecular complexity index is 738. The Kier molecular flexibility index (Phi) is 15.2. The Hall–Kier alpha value is -0.870. The summed E-state index contributed by atoms with van der Waals surface area (Å²) in [5.74, 6) is 0. The third-order valence-electron chi connectivity index (χ3n) is 6.37. The molecule has 0 unspecified atom stereocenters. The number of benzene rings is 1. The number of hydrogen-bond donors (Lipinski definition) is 0. The molecule has 0 aromatic heterocycles. The Labute approximate surface area is 199 Å². The number of aryl methyl sites for hydroxylation is 1. The van der Waals surface area contributed by atoms with E-state index >= 15 is 0 Å². The first-order valence-corrected chi connectivity index (χ1v) is 14.9. The van der Waals surface area contributed by atoms with Gasteiger partial charge in [-0.05, 0) is 86.1 Å². The van der Waals surface area contributed by atoms with Gasteiger partial charge in [0.1, 0.15) is 0 Å². The van der Waals surface area contributed by atoms with Crippen LogP contribution in [0.3, 0.4) is 0 Å². The van der Waals surface area contributed by atoms with Crippen LogP contribution in [-0.4, -0.2) is 15.0 Å². The molecule has 3 nitrogen and oxygen atoms in total. The van der Waals surface area contributed by atoms with Crippen LogP contribution in [0.2, 0.25) is 0 Å².